The van der Waals surface area contributed by atoms with E-state index in [1.165, 1.54) is 24.3 Å². The number of thioether (sulfide) groups is 1. The Hall–Kier alpha value is -1.90. The van der Waals surface area contributed by atoms with Gasteiger partial charge < -0.3 is 17.2 Å². The van der Waals surface area contributed by atoms with Gasteiger partial charge in [0.05, 0.1) is 5.69 Å². The highest BCUT2D eigenvalue weighted by Gasteiger charge is 2.29. The number of hydrogen-bond donors (Lipinski definition) is 3. The number of halogens is 3. The Morgan fingerprint density at radius 3 is 2.39 bits per heavy atom. The average Bonchev–Trinajstić information content (AvgIpc) is 2.13. The summed E-state index contributed by atoms with van der Waals surface area (Å²) in [5.41, 5.74) is 11.4. The molecule has 1 aromatic rings. The van der Waals surface area contributed by atoms with Gasteiger partial charge in [0.15, 0.2) is 5.96 Å². The predicted octanol–water partition coefficient (Wildman–Crippen LogP) is 1.52. The fraction of sp³-hybridized carbons (Fsp3) is 0.111. The highest BCUT2D eigenvalue weighted by molar-refractivity contribution is 8.00. The van der Waals surface area contributed by atoms with E-state index in [2.05, 4.69) is 9.98 Å². The van der Waals surface area contributed by atoms with Gasteiger partial charge in [0, 0.05) is 4.90 Å². The average molecular weight is 277 g/mol. The number of guanidine groups is 2. The van der Waals surface area contributed by atoms with Crippen LogP contribution in [0.5, 0.6) is 0 Å². The van der Waals surface area contributed by atoms with Gasteiger partial charge in [0.2, 0.25) is 5.96 Å². The van der Waals surface area contributed by atoms with Crippen molar-refractivity contribution in [3.63, 3.8) is 0 Å². The summed E-state index contributed by atoms with van der Waals surface area (Å²) in [6, 6.07) is 5.45. The van der Waals surface area contributed by atoms with Crippen LogP contribution in [0.15, 0.2) is 39.1 Å². The number of alkyl halides is 3. The van der Waals surface area contributed by atoms with Crippen molar-refractivity contribution in [1.82, 2.24) is 0 Å². The zero-order chi connectivity index (χ0) is 13.8. The van der Waals surface area contributed by atoms with E-state index in [0.717, 1.165) is 0 Å². The molecule has 0 aromatic heterocycles. The maximum absolute atomic E-state index is 12.2. The molecule has 9 heteroatoms. The fourth-order valence-corrected chi connectivity index (χ4v) is 1.63. The molecule has 0 radical (unpaired) electrons. The third-order valence-electron chi connectivity index (χ3n) is 1.54. The van der Waals surface area contributed by atoms with E-state index in [1.807, 2.05) is 0 Å². The summed E-state index contributed by atoms with van der Waals surface area (Å²) in [5, 5.41) is 0. The summed E-state index contributed by atoms with van der Waals surface area (Å²) in [7, 11) is 0. The van der Waals surface area contributed by atoms with Crippen LogP contribution in [0.1, 0.15) is 0 Å². The summed E-state index contributed by atoms with van der Waals surface area (Å²) in [6.45, 7) is 0. The van der Waals surface area contributed by atoms with Crippen molar-refractivity contribution in [2.24, 2.45) is 27.2 Å². The van der Waals surface area contributed by atoms with Crippen LogP contribution in [0.25, 0.3) is 0 Å². The van der Waals surface area contributed by atoms with Crippen molar-refractivity contribution in [2.45, 2.75) is 10.4 Å². The minimum absolute atomic E-state index is 0.00116. The lowest BCUT2D eigenvalue weighted by molar-refractivity contribution is -0.0328. The van der Waals surface area contributed by atoms with Gasteiger partial charge in [0.1, 0.15) is 0 Å². The number of rotatable bonds is 2. The van der Waals surface area contributed by atoms with Crippen molar-refractivity contribution in [3.05, 3.63) is 24.3 Å². The Balaban J connectivity index is 2.92. The lowest BCUT2D eigenvalue weighted by atomic mass is 10.3. The van der Waals surface area contributed by atoms with E-state index in [0.29, 0.717) is 0 Å². The number of hydrogen-bond acceptors (Lipinski definition) is 2. The molecule has 0 unspecified atom stereocenters. The summed E-state index contributed by atoms with van der Waals surface area (Å²) < 4.78 is 36.5. The topological polar surface area (TPSA) is 103 Å². The molecule has 5 nitrogen and oxygen atoms in total. The van der Waals surface area contributed by atoms with Crippen LogP contribution < -0.4 is 17.2 Å². The van der Waals surface area contributed by atoms with Gasteiger partial charge in [-0.2, -0.15) is 18.2 Å². The quantitative estimate of drug-likeness (QED) is 0.433. The van der Waals surface area contributed by atoms with Gasteiger partial charge in [-0.1, -0.05) is 6.07 Å². The van der Waals surface area contributed by atoms with Crippen molar-refractivity contribution in [1.29, 1.82) is 0 Å². The maximum Gasteiger partial charge on any atom is 0.446 e. The molecule has 0 aliphatic heterocycles. The number of benzene rings is 1. The zero-order valence-electron chi connectivity index (χ0n) is 8.98. The van der Waals surface area contributed by atoms with Gasteiger partial charge in [-0.05, 0) is 30.0 Å². The van der Waals surface area contributed by atoms with Gasteiger partial charge >= 0.3 is 5.51 Å². The molecular formula is C9H10F3N5S. The molecule has 0 heterocycles. The van der Waals surface area contributed by atoms with E-state index < -0.39 is 5.51 Å². The molecule has 0 aliphatic carbocycles. The molecule has 0 spiro atoms. The minimum Gasteiger partial charge on any atom is -0.370 e. The summed E-state index contributed by atoms with van der Waals surface area (Å²) in [6.07, 6.45) is 0. The van der Waals surface area contributed by atoms with Crippen molar-refractivity contribution >= 4 is 29.4 Å². The summed E-state index contributed by atoms with van der Waals surface area (Å²) in [5.74, 6) is -0.513. The van der Waals surface area contributed by atoms with E-state index in [4.69, 9.17) is 17.2 Å². The lowest BCUT2D eigenvalue weighted by Gasteiger charge is -2.05. The Bertz CT molecular complexity index is 479. The molecule has 0 amide bonds. The van der Waals surface area contributed by atoms with Crippen LogP contribution in [-0.4, -0.2) is 17.4 Å². The first kappa shape index (κ1) is 14.2. The highest BCUT2D eigenvalue weighted by Crippen LogP contribution is 2.37. The number of aliphatic imine (C=N–C) groups is 2. The first-order chi connectivity index (χ1) is 8.26. The second kappa shape index (κ2) is 5.63. The van der Waals surface area contributed by atoms with E-state index in [1.54, 1.807) is 0 Å². The maximum atomic E-state index is 12.2. The van der Waals surface area contributed by atoms with Crippen LogP contribution in [-0.2, 0) is 0 Å². The van der Waals surface area contributed by atoms with Crippen molar-refractivity contribution in [2.75, 3.05) is 0 Å². The van der Waals surface area contributed by atoms with E-state index in [-0.39, 0.29) is 34.3 Å². The normalized spacial score (nSPS) is 12.3. The highest BCUT2D eigenvalue weighted by atomic mass is 32.2. The molecule has 98 valence electrons. The Morgan fingerprint density at radius 2 is 1.83 bits per heavy atom. The Kier molecular flexibility index (Phi) is 4.43. The van der Waals surface area contributed by atoms with Gasteiger partial charge in [-0.15, -0.1) is 0 Å². The monoisotopic (exact) mass is 277 g/mol. The van der Waals surface area contributed by atoms with Crippen LogP contribution >= 0.6 is 11.8 Å². The molecule has 0 bridgehead atoms. The molecule has 6 N–H and O–H groups in total. The molecular weight excluding hydrogens is 267 g/mol. The zero-order valence-corrected chi connectivity index (χ0v) is 9.79. The molecule has 0 atom stereocenters. The van der Waals surface area contributed by atoms with Gasteiger partial charge in [-0.25, -0.2) is 4.99 Å². The van der Waals surface area contributed by atoms with E-state index >= 15 is 0 Å². The Labute approximate surface area is 105 Å². The van der Waals surface area contributed by atoms with Crippen LogP contribution in [0.4, 0.5) is 18.9 Å². The number of nitrogens with two attached hydrogens (primary N) is 3. The molecule has 1 rings (SSSR count). The lowest BCUT2D eigenvalue weighted by Crippen LogP contribution is -2.26. The minimum atomic E-state index is -4.35. The molecule has 0 fully saturated rings. The summed E-state index contributed by atoms with van der Waals surface area (Å²) in [4.78, 5) is 7.21. The van der Waals surface area contributed by atoms with Crippen LogP contribution in [0, 0.1) is 0 Å². The molecule has 1 aromatic carbocycles. The third kappa shape index (κ3) is 5.43. The molecule has 0 saturated carbocycles. The van der Waals surface area contributed by atoms with Gasteiger partial charge in [0.25, 0.3) is 0 Å². The third-order valence-corrected chi connectivity index (χ3v) is 2.26. The standard InChI is InChI=1S/C9H10F3N5S/c10-9(11,12)18-6-3-1-2-5(4-6)16-8(15)17-7(13)14/h1-4H,(H6,13,14,15,16,17). The first-order valence-electron chi connectivity index (χ1n) is 4.56. The van der Waals surface area contributed by atoms with Crippen LogP contribution in [0.2, 0.25) is 0 Å². The smallest absolute Gasteiger partial charge is 0.370 e. The van der Waals surface area contributed by atoms with Crippen LogP contribution in [0.3, 0.4) is 0 Å². The van der Waals surface area contributed by atoms with E-state index in [9.17, 15) is 13.2 Å². The molecule has 0 aliphatic rings. The van der Waals surface area contributed by atoms with Crippen molar-refractivity contribution in [3.8, 4) is 0 Å². The first-order valence-corrected chi connectivity index (χ1v) is 5.37. The Morgan fingerprint density at radius 1 is 1.17 bits per heavy atom. The predicted molar refractivity (Wildman–Crippen MR) is 65.4 cm³/mol. The molecule has 0 saturated heterocycles. The number of nitrogens with zero attached hydrogens (tertiary/aromatic N) is 2. The molecule has 18 heavy (non-hydrogen) atoms. The second-order valence-corrected chi connectivity index (χ2v) is 4.19. The summed E-state index contributed by atoms with van der Waals surface area (Å²) >= 11 is -0.239. The fourth-order valence-electron chi connectivity index (χ4n) is 1.04. The second-order valence-electron chi connectivity index (χ2n) is 3.05. The van der Waals surface area contributed by atoms with Gasteiger partial charge in [-0.3, -0.25) is 0 Å². The van der Waals surface area contributed by atoms with Crippen molar-refractivity contribution < 1.29 is 13.2 Å². The largest absolute Gasteiger partial charge is 0.446 e. The SMILES string of the molecule is NC(N)=NC(N)=Nc1cccc(SC(F)(F)F)c1.